The Morgan fingerprint density at radius 1 is 1.15 bits per heavy atom. The summed E-state index contributed by atoms with van der Waals surface area (Å²) >= 11 is 0. The number of carbonyl (C=O) groups is 2. The van der Waals surface area contributed by atoms with Gasteiger partial charge in [0.1, 0.15) is 5.82 Å². The first kappa shape index (κ1) is 23.3. The topological polar surface area (TPSA) is 87.5 Å². The van der Waals surface area contributed by atoms with Gasteiger partial charge in [-0.3, -0.25) is 9.59 Å². The Morgan fingerprint density at radius 3 is 2.76 bits per heavy atom. The Labute approximate surface area is 194 Å². The van der Waals surface area contributed by atoms with E-state index in [1.807, 2.05) is 0 Å². The highest BCUT2D eigenvalue weighted by Gasteiger charge is 2.37. The van der Waals surface area contributed by atoms with E-state index in [0.717, 1.165) is 11.6 Å². The van der Waals surface area contributed by atoms with Crippen molar-refractivity contribution in [3.05, 3.63) is 77.9 Å². The Morgan fingerprint density at radius 2 is 2.00 bits per heavy atom. The fraction of sp³-hybridized carbons (Fsp3) is 0.292. The third-order valence-electron chi connectivity index (χ3n) is 5.58. The van der Waals surface area contributed by atoms with Gasteiger partial charge in [0.15, 0.2) is 5.76 Å². The van der Waals surface area contributed by atoms with E-state index < -0.39 is 17.7 Å². The van der Waals surface area contributed by atoms with Crippen molar-refractivity contribution in [1.29, 1.82) is 0 Å². The second-order valence-electron chi connectivity index (χ2n) is 8.01. The second kappa shape index (κ2) is 9.98. The van der Waals surface area contributed by atoms with Crippen molar-refractivity contribution in [1.82, 2.24) is 10.3 Å². The van der Waals surface area contributed by atoms with Crippen LogP contribution in [0.5, 0.6) is 0 Å². The first-order valence-electron chi connectivity index (χ1n) is 10.8. The second-order valence-corrected chi connectivity index (χ2v) is 8.01. The van der Waals surface area contributed by atoms with Gasteiger partial charge in [0, 0.05) is 31.5 Å². The predicted molar refractivity (Wildman–Crippen MR) is 119 cm³/mol. The molecule has 34 heavy (non-hydrogen) atoms. The van der Waals surface area contributed by atoms with Crippen LogP contribution >= 0.6 is 0 Å². The lowest BCUT2D eigenvalue weighted by Gasteiger charge is -2.34. The minimum atomic E-state index is -4.52. The summed E-state index contributed by atoms with van der Waals surface area (Å²) in [5.74, 6) is -1.05. The molecule has 3 heterocycles. The van der Waals surface area contributed by atoms with Crippen LogP contribution in [-0.4, -0.2) is 29.9 Å². The number of hydrogen-bond acceptors (Lipinski definition) is 5. The monoisotopic (exact) mass is 472 g/mol. The van der Waals surface area contributed by atoms with Gasteiger partial charge in [0.05, 0.1) is 17.7 Å². The Hall–Kier alpha value is -3.82. The van der Waals surface area contributed by atoms with E-state index in [0.29, 0.717) is 25.1 Å². The number of alkyl halides is 3. The molecule has 3 aromatic rings. The van der Waals surface area contributed by atoms with Crippen LogP contribution in [0.2, 0.25) is 0 Å². The summed E-state index contributed by atoms with van der Waals surface area (Å²) in [6, 6.07) is 12.4. The zero-order valence-electron chi connectivity index (χ0n) is 18.1. The molecule has 1 unspecified atom stereocenters. The van der Waals surface area contributed by atoms with Crippen LogP contribution in [0.15, 0.2) is 65.4 Å². The molecular formula is C24H23F3N4O3. The van der Waals surface area contributed by atoms with Crippen LogP contribution in [0.25, 0.3) is 0 Å². The number of anilines is 2. The number of amides is 2. The third-order valence-corrected chi connectivity index (χ3v) is 5.58. The van der Waals surface area contributed by atoms with Crippen molar-refractivity contribution in [2.45, 2.75) is 25.6 Å². The summed E-state index contributed by atoms with van der Waals surface area (Å²) in [6.45, 7) is 0.781. The summed E-state index contributed by atoms with van der Waals surface area (Å²) < 4.78 is 45.2. The first-order chi connectivity index (χ1) is 16.3. The molecule has 1 aromatic carbocycles. The number of hydrogen-bond donors (Lipinski definition) is 2. The van der Waals surface area contributed by atoms with Gasteiger partial charge >= 0.3 is 6.18 Å². The lowest BCUT2D eigenvalue weighted by Crippen LogP contribution is -2.43. The van der Waals surface area contributed by atoms with Gasteiger partial charge in [-0.25, -0.2) is 4.98 Å². The molecule has 0 bridgehead atoms. The number of benzene rings is 1. The molecule has 2 aromatic heterocycles. The van der Waals surface area contributed by atoms with Gasteiger partial charge in [-0.05, 0) is 54.8 Å². The van der Waals surface area contributed by atoms with Crippen LogP contribution < -0.4 is 15.5 Å². The molecule has 2 amide bonds. The number of halogens is 3. The van der Waals surface area contributed by atoms with E-state index in [4.69, 9.17) is 4.42 Å². The molecule has 1 aliphatic heterocycles. The van der Waals surface area contributed by atoms with Crippen molar-refractivity contribution in [2.24, 2.45) is 5.92 Å². The van der Waals surface area contributed by atoms with Crippen molar-refractivity contribution < 1.29 is 27.2 Å². The number of piperidine rings is 1. The predicted octanol–water partition coefficient (Wildman–Crippen LogP) is 4.48. The van der Waals surface area contributed by atoms with Crippen molar-refractivity contribution in [3.8, 4) is 0 Å². The molecular weight excluding hydrogens is 449 g/mol. The highest BCUT2D eigenvalue weighted by Crippen LogP contribution is 2.36. The van der Waals surface area contributed by atoms with Gasteiger partial charge in [-0.15, -0.1) is 0 Å². The summed E-state index contributed by atoms with van der Waals surface area (Å²) in [6.07, 6.45) is -0.622. The number of nitrogens with zero attached hydrogens (tertiary/aromatic N) is 2. The van der Waals surface area contributed by atoms with E-state index >= 15 is 0 Å². The minimum Gasteiger partial charge on any atom is -0.459 e. The quantitative estimate of drug-likeness (QED) is 0.553. The zero-order chi connectivity index (χ0) is 24.1. The SMILES string of the molecule is O=C(Nc1cccc(CNC(=O)C2CCCN(c3ncccc3C(F)(F)F)C2)c1)c1ccco1. The third kappa shape index (κ3) is 5.56. The number of carbonyl (C=O) groups excluding carboxylic acids is 2. The summed E-state index contributed by atoms with van der Waals surface area (Å²) in [4.78, 5) is 30.4. The van der Waals surface area contributed by atoms with E-state index in [9.17, 15) is 22.8 Å². The first-order valence-corrected chi connectivity index (χ1v) is 10.8. The van der Waals surface area contributed by atoms with Gasteiger partial charge in [-0.1, -0.05) is 12.1 Å². The summed E-state index contributed by atoms with van der Waals surface area (Å²) in [5.41, 5.74) is 0.513. The van der Waals surface area contributed by atoms with Crippen LogP contribution in [-0.2, 0) is 17.5 Å². The maximum Gasteiger partial charge on any atom is 0.419 e. The van der Waals surface area contributed by atoms with E-state index in [-0.39, 0.29) is 36.5 Å². The normalized spacial score (nSPS) is 16.2. The maximum absolute atomic E-state index is 13.4. The van der Waals surface area contributed by atoms with Crippen LogP contribution in [0.1, 0.15) is 34.5 Å². The van der Waals surface area contributed by atoms with Crippen LogP contribution in [0.4, 0.5) is 24.7 Å². The molecule has 1 saturated heterocycles. The molecule has 1 atom stereocenters. The molecule has 0 aliphatic carbocycles. The van der Waals surface area contributed by atoms with Crippen LogP contribution in [0, 0.1) is 5.92 Å². The molecule has 10 heteroatoms. The molecule has 1 aliphatic rings. The van der Waals surface area contributed by atoms with Gasteiger partial charge < -0.3 is 20.0 Å². The van der Waals surface area contributed by atoms with E-state index in [2.05, 4.69) is 15.6 Å². The molecule has 0 spiro atoms. The Balaban J connectivity index is 1.36. The zero-order valence-corrected chi connectivity index (χ0v) is 18.1. The Bertz CT molecular complexity index is 1150. The van der Waals surface area contributed by atoms with Gasteiger partial charge in [0.2, 0.25) is 5.91 Å². The van der Waals surface area contributed by atoms with Gasteiger partial charge in [-0.2, -0.15) is 13.2 Å². The summed E-state index contributed by atoms with van der Waals surface area (Å²) in [7, 11) is 0. The lowest BCUT2D eigenvalue weighted by atomic mass is 9.96. The number of aromatic nitrogens is 1. The molecule has 4 rings (SSSR count). The highest BCUT2D eigenvalue weighted by atomic mass is 19.4. The number of nitrogens with one attached hydrogen (secondary N) is 2. The molecule has 0 saturated carbocycles. The lowest BCUT2D eigenvalue weighted by molar-refractivity contribution is -0.137. The smallest absolute Gasteiger partial charge is 0.419 e. The Kier molecular flexibility index (Phi) is 6.85. The number of rotatable bonds is 6. The average molecular weight is 472 g/mol. The van der Waals surface area contributed by atoms with Crippen molar-refractivity contribution >= 4 is 23.3 Å². The maximum atomic E-state index is 13.4. The minimum absolute atomic E-state index is 0.146. The number of furan rings is 1. The molecule has 178 valence electrons. The number of pyridine rings is 1. The van der Waals surface area contributed by atoms with Crippen molar-refractivity contribution in [2.75, 3.05) is 23.3 Å². The summed E-state index contributed by atoms with van der Waals surface area (Å²) in [5, 5.41) is 5.58. The molecule has 0 radical (unpaired) electrons. The standard InChI is InChI=1S/C24H23F3N4O3/c25-24(26,27)19-8-2-10-28-21(19)31-11-3-6-17(15-31)22(32)29-14-16-5-1-7-18(13-16)30-23(33)20-9-4-12-34-20/h1-2,4-5,7-10,12-13,17H,3,6,11,14-15H2,(H,29,32)(H,30,33). The largest absolute Gasteiger partial charge is 0.459 e. The van der Waals surface area contributed by atoms with Crippen LogP contribution in [0.3, 0.4) is 0 Å². The van der Waals surface area contributed by atoms with Crippen molar-refractivity contribution in [3.63, 3.8) is 0 Å². The fourth-order valence-electron chi connectivity index (χ4n) is 3.95. The molecule has 2 N–H and O–H groups in total. The highest BCUT2D eigenvalue weighted by molar-refractivity contribution is 6.02. The average Bonchev–Trinajstić information content (AvgIpc) is 3.38. The fourth-order valence-corrected chi connectivity index (χ4v) is 3.95. The van der Waals surface area contributed by atoms with Gasteiger partial charge in [0.25, 0.3) is 5.91 Å². The molecule has 1 fully saturated rings. The van der Waals surface area contributed by atoms with E-state index in [1.165, 1.54) is 23.4 Å². The van der Waals surface area contributed by atoms with E-state index in [1.54, 1.807) is 36.4 Å². The molecule has 7 nitrogen and oxygen atoms in total.